The molecule has 2 amide bonds. The van der Waals surface area contributed by atoms with Gasteiger partial charge >= 0.3 is 6.03 Å². The highest BCUT2D eigenvalue weighted by Gasteiger charge is 2.14. The minimum Gasteiger partial charge on any atom is -0.491 e. The second kappa shape index (κ2) is 7.88. The van der Waals surface area contributed by atoms with E-state index in [0.29, 0.717) is 18.0 Å². The fourth-order valence-electron chi connectivity index (χ4n) is 1.75. The summed E-state index contributed by atoms with van der Waals surface area (Å²) >= 11 is 0. The predicted molar refractivity (Wildman–Crippen MR) is 87.0 cm³/mol. The zero-order valence-corrected chi connectivity index (χ0v) is 13.7. The smallest absolute Gasteiger partial charge is 0.319 e. The Morgan fingerprint density at radius 2 is 1.90 bits per heavy atom. The van der Waals surface area contributed by atoms with Gasteiger partial charge in [-0.2, -0.15) is 0 Å². The van der Waals surface area contributed by atoms with Crippen LogP contribution in [0, 0.1) is 0 Å². The van der Waals surface area contributed by atoms with Gasteiger partial charge in [-0.25, -0.2) is 4.79 Å². The summed E-state index contributed by atoms with van der Waals surface area (Å²) in [4.78, 5) is 14.0. The first kappa shape index (κ1) is 17.3. The lowest BCUT2D eigenvalue weighted by Crippen LogP contribution is -2.43. The minimum atomic E-state index is -0.272. The summed E-state index contributed by atoms with van der Waals surface area (Å²) < 4.78 is 5.75. The van der Waals surface area contributed by atoms with Gasteiger partial charge in [-0.05, 0) is 53.4 Å². The van der Waals surface area contributed by atoms with E-state index in [-0.39, 0.29) is 11.6 Å². The molecule has 0 saturated carbocycles. The monoisotopic (exact) mass is 293 g/mol. The Kier molecular flexibility index (Phi) is 6.49. The molecule has 5 nitrogen and oxygen atoms in total. The summed E-state index contributed by atoms with van der Waals surface area (Å²) in [5.41, 5.74) is 0.412. The van der Waals surface area contributed by atoms with Crippen LogP contribution < -0.4 is 15.4 Å². The Balaban J connectivity index is 2.56. The molecule has 1 aromatic rings. The lowest BCUT2D eigenvalue weighted by Gasteiger charge is -2.21. The molecule has 1 rings (SSSR count). The highest BCUT2D eigenvalue weighted by atomic mass is 16.5. The number of amides is 2. The largest absolute Gasteiger partial charge is 0.491 e. The molecule has 1 aromatic carbocycles. The third-order valence-corrected chi connectivity index (χ3v) is 2.63. The van der Waals surface area contributed by atoms with E-state index in [4.69, 9.17) is 4.74 Å². The molecule has 0 radical (unpaired) electrons. The van der Waals surface area contributed by atoms with E-state index in [1.54, 1.807) is 0 Å². The van der Waals surface area contributed by atoms with Gasteiger partial charge in [0.25, 0.3) is 0 Å². The summed E-state index contributed by atoms with van der Waals surface area (Å²) in [5, 5.41) is 5.70. The van der Waals surface area contributed by atoms with Gasteiger partial charge in [0.1, 0.15) is 5.75 Å². The van der Waals surface area contributed by atoms with Crippen molar-refractivity contribution in [2.45, 2.75) is 32.7 Å². The molecular formula is C16H27N3O2. The Labute approximate surface area is 127 Å². The first-order chi connectivity index (χ1) is 9.78. The van der Waals surface area contributed by atoms with Gasteiger partial charge in [0.05, 0.1) is 12.3 Å². The standard InChI is InChI=1S/C16H27N3O2/c1-16(2,3)18-15(20)17-13-9-6-7-10-14(13)21-12-8-11-19(4)5/h6-7,9-10H,8,11-12H2,1-5H3,(H2,17,18,20). The Morgan fingerprint density at radius 3 is 2.52 bits per heavy atom. The Bertz CT molecular complexity index is 453. The van der Waals surface area contributed by atoms with Crippen molar-refractivity contribution in [1.29, 1.82) is 0 Å². The number of hydrogen-bond donors (Lipinski definition) is 2. The molecule has 0 aliphatic rings. The van der Waals surface area contributed by atoms with Crippen molar-refractivity contribution in [1.82, 2.24) is 10.2 Å². The molecule has 0 aliphatic carbocycles. The van der Waals surface area contributed by atoms with E-state index in [9.17, 15) is 4.79 Å². The van der Waals surface area contributed by atoms with Crippen LogP contribution in [-0.4, -0.2) is 43.7 Å². The van der Waals surface area contributed by atoms with Crippen molar-refractivity contribution < 1.29 is 9.53 Å². The van der Waals surface area contributed by atoms with Crippen LogP contribution in [0.15, 0.2) is 24.3 Å². The zero-order chi connectivity index (χ0) is 15.9. The molecule has 0 spiro atoms. The van der Waals surface area contributed by atoms with Gasteiger partial charge in [-0.15, -0.1) is 0 Å². The van der Waals surface area contributed by atoms with Crippen LogP contribution in [0.2, 0.25) is 0 Å². The van der Waals surface area contributed by atoms with Crippen molar-refractivity contribution in [2.75, 3.05) is 32.6 Å². The van der Waals surface area contributed by atoms with Gasteiger partial charge in [-0.3, -0.25) is 0 Å². The number of nitrogens with one attached hydrogen (secondary N) is 2. The molecule has 0 aromatic heterocycles. The average molecular weight is 293 g/mol. The molecule has 118 valence electrons. The van der Waals surface area contributed by atoms with Gasteiger partial charge in [0.2, 0.25) is 0 Å². The fourth-order valence-corrected chi connectivity index (χ4v) is 1.75. The topological polar surface area (TPSA) is 53.6 Å². The van der Waals surface area contributed by atoms with Crippen molar-refractivity contribution in [3.8, 4) is 5.75 Å². The van der Waals surface area contributed by atoms with E-state index in [0.717, 1.165) is 13.0 Å². The highest BCUT2D eigenvalue weighted by molar-refractivity contribution is 5.91. The van der Waals surface area contributed by atoms with Crippen molar-refractivity contribution >= 4 is 11.7 Å². The quantitative estimate of drug-likeness (QED) is 0.793. The molecule has 21 heavy (non-hydrogen) atoms. The molecule has 0 atom stereocenters. The number of para-hydroxylation sites is 2. The van der Waals surface area contributed by atoms with E-state index < -0.39 is 0 Å². The lowest BCUT2D eigenvalue weighted by molar-refractivity contribution is 0.243. The summed E-state index contributed by atoms with van der Waals surface area (Å²) in [6.45, 7) is 7.42. The molecule has 0 saturated heterocycles. The van der Waals surface area contributed by atoms with Crippen molar-refractivity contribution in [3.05, 3.63) is 24.3 Å². The van der Waals surface area contributed by atoms with E-state index in [2.05, 4.69) is 15.5 Å². The Morgan fingerprint density at radius 1 is 1.24 bits per heavy atom. The van der Waals surface area contributed by atoms with E-state index in [1.165, 1.54) is 0 Å². The van der Waals surface area contributed by atoms with Gasteiger partial charge in [0.15, 0.2) is 0 Å². The van der Waals surface area contributed by atoms with Crippen LogP contribution in [0.1, 0.15) is 27.2 Å². The summed E-state index contributed by atoms with van der Waals surface area (Å²) in [7, 11) is 4.07. The third kappa shape index (κ3) is 7.56. The summed E-state index contributed by atoms with van der Waals surface area (Å²) in [6, 6.07) is 7.24. The van der Waals surface area contributed by atoms with Crippen LogP contribution in [0.3, 0.4) is 0 Å². The Hall–Kier alpha value is -1.75. The van der Waals surface area contributed by atoms with Crippen LogP contribution >= 0.6 is 0 Å². The number of rotatable bonds is 6. The maximum absolute atomic E-state index is 11.9. The zero-order valence-electron chi connectivity index (χ0n) is 13.7. The number of carbonyl (C=O) groups is 1. The van der Waals surface area contributed by atoms with E-state index in [1.807, 2.05) is 59.1 Å². The number of anilines is 1. The maximum Gasteiger partial charge on any atom is 0.319 e. The normalized spacial score (nSPS) is 11.3. The molecule has 0 fully saturated rings. The number of ether oxygens (including phenoxy) is 1. The molecular weight excluding hydrogens is 266 g/mol. The second-order valence-corrected chi connectivity index (χ2v) is 6.33. The van der Waals surface area contributed by atoms with Crippen LogP contribution in [0.5, 0.6) is 5.75 Å². The van der Waals surface area contributed by atoms with Gasteiger partial charge in [0, 0.05) is 12.1 Å². The number of hydrogen-bond acceptors (Lipinski definition) is 3. The van der Waals surface area contributed by atoms with Crippen molar-refractivity contribution in [2.24, 2.45) is 0 Å². The summed E-state index contributed by atoms with van der Waals surface area (Å²) in [6.07, 6.45) is 0.940. The van der Waals surface area contributed by atoms with Crippen molar-refractivity contribution in [3.63, 3.8) is 0 Å². The number of carbonyl (C=O) groups excluding carboxylic acids is 1. The SMILES string of the molecule is CN(C)CCCOc1ccccc1NC(=O)NC(C)(C)C. The van der Waals surface area contributed by atoms with Crippen LogP contribution in [-0.2, 0) is 0 Å². The lowest BCUT2D eigenvalue weighted by atomic mass is 10.1. The number of nitrogens with zero attached hydrogens (tertiary/aromatic N) is 1. The first-order valence-corrected chi connectivity index (χ1v) is 7.23. The number of urea groups is 1. The summed E-state index contributed by atoms with van der Waals surface area (Å²) in [5.74, 6) is 0.695. The minimum absolute atomic E-state index is 0.230. The molecule has 0 unspecified atom stereocenters. The first-order valence-electron chi connectivity index (χ1n) is 7.23. The molecule has 0 aliphatic heterocycles. The van der Waals surface area contributed by atoms with Gasteiger partial charge in [-0.1, -0.05) is 12.1 Å². The second-order valence-electron chi connectivity index (χ2n) is 6.33. The highest BCUT2D eigenvalue weighted by Crippen LogP contribution is 2.23. The molecule has 2 N–H and O–H groups in total. The average Bonchev–Trinajstić information content (AvgIpc) is 2.33. The van der Waals surface area contributed by atoms with Crippen LogP contribution in [0.4, 0.5) is 10.5 Å². The maximum atomic E-state index is 11.9. The predicted octanol–water partition coefficient (Wildman–Crippen LogP) is 2.94. The molecule has 5 heteroatoms. The third-order valence-electron chi connectivity index (χ3n) is 2.63. The fraction of sp³-hybridized carbons (Fsp3) is 0.562. The molecule has 0 bridgehead atoms. The van der Waals surface area contributed by atoms with Gasteiger partial charge < -0.3 is 20.3 Å². The number of benzene rings is 1. The van der Waals surface area contributed by atoms with Crippen LogP contribution in [0.25, 0.3) is 0 Å². The molecule has 0 heterocycles. The van der Waals surface area contributed by atoms with E-state index >= 15 is 0 Å².